The SMILES string of the molecule is CC1CCCN1CCc1cc2cc(-c3ccc(C#N)cc3)ccc2n1C. The number of benzene rings is 2. The van der Waals surface area contributed by atoms with E-state index in [1.807, 2.05) is 24.3 Å². The van der Waals surface area contributed by atoms with Crippen molar-refractivity contribution >= 4 is 10.9 Å². The van der Waals surface area contributed by atoms with Gasteiger partial charge < -0.3 is 9.47 Å². The van der Waals surface area contributed by atoms with Crippen molar-refractivity contribution in [2.45, 2.75) is 32.2 Å². The monoisotopic (exact) mass is 343 g/mol. The summed E-state index contributed by atoms with van der Waals surface area (Å²) in [6, 6.07) is 19.7. The minimum Gasteiger partial charge on any atom is -0.348 e. The van der Waals surface area contributed by atoms with E-state index in [4.69, 9.17) is 5.26 Å². The number of likely N-dealkylation sites (tertiary alicyclic amines) is 1. The first-order chi connectivity index (χ1) is 12.7. The second-order valence-electron chi connectivity index (χ2n) is 7.43. The summed E-state index contributed by atoms with van der Waals surface area (Å²) < 4.78 is 2.33. The highest BCUT2D eigenvalue weighted by molar-refractivity contribution is 5.86. The van der Waals surface area contributed by atoms with Gasteiger partial charge >= 0.3 is 0 Å². The summed E-state index contributed by atoms with van der Waals surface area (Å²) >= 11 is 0. The molecular weight excluding hydrogens is 318 g/mol. The van der Waals surface area contributed by atoms with E-state index < -0.39 is 0 Å². The average molecular weight is 343 g/mol. The third kappa shape index (κ3) is 3.13. The molecule has 1 aliphatic heterocycles. The van der Waals surface area contributed by atoms with Gasteiger partial charge in [-0.1, -0.05) is 18.2 Å². The summed E-state index contributed by atoms with van der Waals surface area (Å²) in [4.78, 5) is 2.61. The molecule has 0 amide bonds. The van der Waals surface area contributed by atoms with Crippen molar-refractivity contribution in [1.29, 1.82) is 5.26 Å². The summed E-state index contributed by atoms with van der Waals surface area (Å²) in [7, 11) is 2.17. The van der Waals surface area contributed by atoms with E-state index in [9.17, 15) is 0 Å². The number of hydrogen-bond acceptors (Lipinski definition) is 2. The third-order valence-electron chi connectivity index (χ3n) is 5.83. The maximum atomic E-state index is 8.96. The molecule has 0 aliphatic carbocycles. The van der Waals surface area contributed by atoms with Crippen LogP contribution in [0.4, 0.5) is 0 Å². The minimum absolute atomic E-state index is 0.702. The Bertz CT molecular complexity index is 960. The smallest absolute Gasteiger partial charge is 0.0991 e. The molecule has 1 unspecified atom stereocenters. The van der Waals surface area contributed by atoms with Crippen LogP contribution in [0.15, 0.2) is 48.5 Å². The van der Waals surface area contributed by atoms with Crippen LogP contribution in [0.3, 0.4) is 0 Å². The molecule has 1 fully saturated rings. The fourth-order valence-corrected chi connectivity index (χ4v) is 4.15. The van der Waals surface area contributed by atoms with E-state index >= 15 is 0 Å². The molecule has 2 aromatic carbocycles. The zero-order valence-electron chi connectivity index (χ0n) is 15.6. The molecule has 4 rings (SSSR count). The molecule has 3 aromatic rings. The molecule has 0 bridgehead atoms. The molecule has 0 radical (unpaired) electrons. The number of nitriles is 1. The Morgan fingerprint density at radius 2 is 1.85 bits per heavy atom. The summed E-state index contributed by atoms with van der Waals surface area (Å²) in [5.74, 6) is 0. The molecule has 3 heteroatoms. The van der Waals surface area contributed by atoms with Gasteiger partial charge in [0.15, 0.2) is 0 Å². The molecule has 132 valence electrons. The highest BCUT2D eigenvalue weighted by Crippen LogP contribution is 2.27. The van der Waals surface area contributed by atoms with Gasteiger partial charge in [0.25, 0.3) is 0 Å². The fraction of sp³-hybridized carbons (Fsp3) is 0.348. The lowest BCUT2D eigenvalue weighted by atomic mass is 10.0. The Morgan fingerprint density at radius 3 is 2.54 bits per heavy atom. The van der Waals surface area contributed by atoms with Gasteiger partial charge in [0, 0.05) is 42.7 Å². The Kier molecular flexibility index (Phi) is 4.53. The quantitative estimate of drug-likeness (QED) is 0.685. The molecule has 1 saturated heterocycles. The predicted octanol–water partition coefficient (Wildman–Crippen LogP) is 4.74. The van der Waals surface area contributed by atoms with E-state index in [-0.39, 0.29) is 0 Å². The first-order valence-electron chi connectivity index (χ1n) is 9.48. The largest absolute Gasteiger partial charge is 0.348 e. The minimum atomic E-state index is 0.702. The second-order valence-corrected chi connectivity index (χ2v) is 7.43. The fourth-order valence-electron chi connectivity index (χ4n) is 4.15. The van der Waals surface area contributed by atoms with Gasteiger partial charge in [0.2, 0.25) is 0 Å². The van der Waals surface area contributed by atoms with E-state index in [0.717, 1.165) is 24.6 Å². The number of aromatic nitrogens is 1. The lowest BCUT2D eigenvalue weighted by Gasteiger charge is -2.20. The predicted molar refractivity (Wildman–Crippen MR) is 107 cm³/mol. The van der Waals surface area contributed by atoms with Gasteiger partial charge in [-0.25, -0.2) is 0 Å². The summed E-state index contributed by atoms with van der Waals surface area (Å²) in [6.07, 6.45) is 3.77. The van der Waals surface area contributed by atoms with E-state index in [1.54, 1.807) is 0 Å². The van der Waals surface area contributed by atoms with Crippen molar-refractivity contribution in [3.63, 3.8) is 0 Å². The number of nitrogens with zero attached hydrogens (tertiary/aromatic N) is 3. The Labute approximate surface area is 155 Å². The normalized spacial score (nSPS) is 17.7. The Balaban J connectivity index is 1.59. The van der Waals surface area contributed by atoms with Crippen LogP contribution in [0.2, 0.25) is 0 Å². The molecule has 0 saturated carbocycles. The Hall–Kier alpha value is -2.57. The van der Waals surface area contributed by atoms with E-state index in [0.29, 0.717) is 5.56 Å². The van der Waals surface area contributed by atoms with E-state index in [1.165, 1.54) is 41.5 Å². The van der Waals surface area contributed by atoms with Crippen molar-refractivity contribution < 1.29 is 0 Å². The van der Waals surface area contributed by atoms with Crippen molar-refractivity contribution in [3.8, 4) is 17.2 Å². The van der Waals surface area contributed by atoms with Gasteiger partial charge in [0.05, 0.1) is 11.6 Å². The van der Waals surface area contributed by atoms with Gasteiger partial charge in [0.1, 0.15) is 0 Å². The van der Waals surface area contributed by atoms with Crippen LogP contribution < -0.4 is 0 Å². The summed E-state index contributed by atoms with van der Waals surface area (Å²) in [6.45, 7) is 4.74. The number of rotatable bonds is 4. The topological polar surface area (TPSA) is 32.0 Å². The molecule has 1 aromatic heterocycles. The Morgan fingerprint density at radius 1 is 1.08 bits per heavy atom. The van der Waals surface area contributed by atoms with Crippen LogP contribution >= 0.6 is 0 Å². The van der Waals surface area contributed by atoms with Crippen LogP contribution in [0.1, 0.15) is 31.0 Å². The van der Waals surface area contributed by atoms with Crippen LogP contribution in [0.5, 0.6) is 0 Å². The highest BCUT2D eigenvalue weighted by atomic mass is 15.2. The third-order valence-corrected chi connectivity index (χ3v) is 5.83. The molecule has 0 spiro atoms. The zero-order chi connectivity index (χ0) is 18.1. The second kappa shape index (κ2) is 6.97. The van der Waals surface area contributed by atoms with Crippen LogP contribution in [-0.2, 0) is 13.5 Å². The van der Waals surface area contributed by atoms with Crippen molar-refractivity contribution in [2.75, 3.05) is 13.1 Å². The van der Waals surface area contributed by atoms with Crippen LogP contribution in [0, 0.1) is 11.3 Å². The molecular formula is C23H25N3. The lowest BCUT2D eigenvalue weighted by Crippen LogP contribution is -2.29. The molecule has 1 aliphatic rings. The van der Waals surface area contributed by atoms with Crippen molar-refractivity contribution in [2.24, 2.45) is 7.05 Å². The standard InChI is InChI=1S/C23H25N3/c1-17-4-3-12-26(17)13-11-22-15-21-14-20(9-10-23(21)25(22)2)19-7-5-18(16-24)6-8-19/h5-10,14-15,17H,3-4,11-13H2,1-2H3. The van der Waals surface area contributed by atoms with Crippen molar-refractivity contribution in [3.05, 3.63) is 59.8 Å². The molecule has 3 nitrogen and oxygen atoms in total. The maximum absolute atomic E-state index is 8.96. The molecule has 2 heterocycles. The lowest BCUT2D eigenvalue weighted by molar-refractivity contribution is 0.271. The average Bonchev–Trinajstić information content (AvgIpc) is 3.22. The highest BCUT2D eigenvalue weighted by Gasteiger charge is 2.20. The number of hydrogen-bond donors (Lipinski definition) is 0. The molecule has 0 N–H and O–H groups in total. The number of fused-ring (bicyclic) bond motifs is 1. The van der Waals surface area contributed by atoms with E-state index in [2.05, 4.69) is 53.8 Å². The zero-order valence-corrected chi connectivity index (χ0v) is 15.6. The van der Waals surface area contributed by atoms with Crippen LogP contribution in [-0.4, -0.2) is 28.6 Å². The van der Waals surface area contributed by atoms with Gasteiger partial charge in [-0.15, -0.1) is 0 Å². The van der Waals surface area contributed by atoms with Gasteiger partial charge in [-0.3, -0.25) is 0 Å². The van der Waals surface area contributed by atoms with Crippen LogP contribution in [0.25, 0.3) is 22.0 Å². The summed E-state index contributed by atoms with van der Waals surface area (Å²) in [5, 5.41) is 10.3. The van der Waals surface area contributed by atoms with Gasteiger partial charge in [-0.05, 0) is 67.8 Å². The summed E-state index contributed by atoms with van der Waals surface area (Å²) in [5.41, 5.74) is 5.74. The first kappa shape index (κ1) is 16.9. The number of aryl methyl sites for hydroxylation is 1. The van der Waals surface area contributed by atoms with Gasteiger partial charge in [-0.2, -0.15) is 5.26 Å². The van der Waals surface area contributed by atoms with Crippen molar-refractivity contribution in [1.82, 2.24) is 9.47 Å². The molecule has 26 heavy (non-hydrogen) atoms. The molecule has 1 atom stereocenters. The maximum Gasteiger partial charge on any atom is 0.0991 e. The first-order valence-corrected chi connectivity index (χ1v) is 9.48.